The Labute approximate surface area is 121 Å². The van der Waals surface area contributed by atoms with Gasteiger partial charge in [-0.25, -0.2) is 0 Å². The monoisotopic (exact) mass is 297 g/mol. The highest BCUT2D eigenvalue weighted by atomic mass is 19.4. The van der Waals surface area contributed by atoms with Gasteiger partial charge < -0.3 is 5.32 Å². The molecule has 1 aromatic carbocycles. The van der Waals surface area contributed by atoms with Gasteiger partial charge in [0.05, 0.1) is 18.3 Å². The van der Waals surface area contributed by atoms with E-state index in [1.807, 2.05) is 24.3 Å². The molecule has 1 heterocycles. The Morgan fingerprint density at radius 3 is 2.29 bits per heavy atom. The molecule has 114 valence electrons. The lowest BCUT2D eigenvalue weighted by Gasteiger charge is -2.09. The number of benzene rings is 1. The molecule has 0 amide bonds. The van der Waals surface area contributed by atoms with E-state index in [1.54, 1.807) is 0 Å². The SMILES string of the molecule is CC(C)NCc1ccc(Cn2cc(C(F)(F)F)cn2)cc1. The molecule has 0 aliphatic rings. The van der Waals surface area contributed by atoms with Crippen LogP contribution in [0.25, 0.3) is 0 Å². The molecule has 2 rings (SSSR count). The molecule has 0 spiro atoms. The predicted molar refractivity (Wildman–Crippen MR) is 74.7 cm³/mol. The van der Waals surface area contributed by atoms with Crippen molar-refractivity contribution in [2.75, 3.05) is 0 Å². The Bertz CT molecular complexity index is 571. The highest BCUT2D eigenvalue weighted by Gasteiger charge is 2.32. The average Bonchev–Trinajstić information content (AvgIpc) is 2.86. The minimum Gasteiger partial charge on any atom is -0.310 e. The summed E-state index contributed by atoms with van der Waals surface area (Å²) in [6.07, 6.45) is -2.47. The lowest BCUT2D eigenvalue weighted by atomic mass is 10.1. The Hall–Kier alpha value is -1.82. The summed E-state index contributed by atoms with van der Waals surface area (Å²) in [7, 11) is 0. The summed E-state index contributed by atoms with van der Waals surface area (Å²) in [6, 6.07) is 8.17. The zero-order valence-corrected chi connectivity index (χ0v) is 12.0. The van der Waals surface area contributed by atoms with Crippen LogP contribution in [0.4, 0.5) is 13.2 Å². The molecule has 21 heavy (non-hydrogen) atoms. The molecule has 0 aliphatic heterocycles. The van der Waals surface area contributed by atoms with Gasteiger partial charge >= 0.3 is 6.18 Å². The van der Waals surface area contributed by atoms with Crippen LogP contribution in [0.15, 0.2) is 36.7 Å². The average molecular weight is 297 g/mol. The first-order valence-corrected chi connectivity index (χ1v) is 6.75. The van der Waals surface area contributed by atoms with Crippen molar-refractivity contribution in [1.82, 2.24) is 15.1 Å². The highest BCUT2D eigenvalue weighted by Crippen LogP contribution is 2.28. The Balaban J connectivity index is 1.98. The fraction of sp³-hybridized carbons (Fsp3) is 0.400. The molecule has 0 fully saturated rings. The molecular formula is C15H18F3N3. The number of nitrogens with one attached hydrogen (secondary N) is 1. The van der Waals surface area contributed by atoms with Crippen LogP contribution in [0.3, 0.4) is 0 Å². The van der Waals surface area contributed by atoms with E-state index >= 15 is 0 Å². The zero-order chi connectivity index (χ0) is 15.5. The minimum absolute atomic E-state index is 0.327. The van der Waals surface area contributed by atoms with E-state index in [2.05, 4.69) is 24.3 Å². The quantitative estimate of drug-likeness (QED) is 0.916. The third kappa shape index (κ3) is 4.60. The topological polar surface area (TPSA) is 29.9 Å². The first kappa shape index (κ1) is 15.6. The van der Waals surface area contributed by atoms with E-state index in [9.17, 15) is 13.2 Å². The second-order valence-electron chi connectivity index (χ2n) is 5.28. The van der Waals surface area contributed by atoms with Crippen molar-refractivity contribution in [3.05, 3.63) is 53.3 Å². The van der Waals surface area contributed by atoms with Gasteiger partial charge in [-0.1, -0.05) is 38.1 Å². The molecule has 0 radical (unpaired) electrons. The van der Waals surface area contributed by atoms with Gasteiger partial charge in [-0.2, -0.15) is 18.3 Å². The van der Waals surface area contributed by atoms with E-state index in [-0.39, 0.29) is 0 Å². The lowest BCUT2D eigenvalue weighted by molar-refractivity contribution is -0.137. The molecule has 0 aliphatic carbocycles. The van der Waals surface area contributed by atoms with Crippen LogP contribution in [-0.4, -0.2) is 15.8 Å². The molecule has 1 N–H and O–H groups in total. The van der Waals surface area contributed by atoms with Crippen molar-refractivity contribution >= 4 is 0 Å². The summed E-state index contributed by atoms with van der Waals surface area (Å²) >= 11 is 0. The fourth-order valence-corrected chi connectivity index (χ4v) is 1.87. The van der Waals surface area contributed by atoms with Gasteiger partial charge in [0.1, 0.15) is 0 Å². The third-order valence-corrected chi connectivity index (χ3v) is 3.04. The summed E-state index contributed by atoms with van der Waals surface area (Å²) in [6.45, 7) is 5.25. The molecule has 2 aromatic rings. The zero-order valence-electron chi connectivity index (χ0n) is 12.0. The molecular weight excluding hydrogens is 279 g/mol. The minimum atomic E-state index is -4.34. The Morgan fingerprint density at radius 2 is 1.76 bits per heavy atom. The van der Waals surface area contributed by atoms with Gasteiger partial charge in [-0.05, 0) is 11.1 Å². The second kappa shape index (κ2) is 6.30. The molecule has 0 bridgehead atoms. The molecule has 1 aromatic heterocycles. The van der Waals surface area contributed by atoms with Crippen molar-refractivity contribution in [2.45, 2.75) is 39.2 Å². The molecule has 3 nitrogen and oxygen atoms in total. The maximum atomic E-state index is 12.5. The van der Waals surface area contributed by atoms with Gasteiger partial charge in [0.15, 0.2) is 0 Å². The van der Waals surface area contributed by atoms with Gasteiger partial charge in [0.2, 0.25) is 0 Å². The first-order valence-electron chi connectivity index (χ1n) is 6.75. The number of hydrogen-bond acceptors (Lipinski definition) is 2. The molecule has 0 unspecified atom stereocenters. The number of halogens is 3. The summed E-state index contributed by atoms with van der Waals surface area (Å²) in [4.78, 5) is 0. The summed E-state index contributed by atoms with van der Waals surface area (Å²) < 4.78 is 38.7. The first-order chi connectivity index (χ1) is 9.84. The number of aromatic nitrogens is 2. The molecule has 6 heteroatoms. The van der Waals surface area contributed by atoms with Gasteiger partial charge in [0.25, 0.3) is 0 Å². The van der Waals surface area contributed by atoms with E-state index in [0.29, 0.717) is 12.6 Å². The van der Waals surface area contributed by atoms with Crippen LogP contribution in [0.5, 0.6) is 0 Å². The third-order valence-electron chi connectivity index (χ3n) is 3.04. The van der Waals surface area contributed by atoms with Crippen LogP contribution in [0.2, 0.25) is 0 Å². The maximum Gasteiger partial charge on any atom is 0.419 e. The van der Waals surface area contributed by atoms with E-state index < -0.39 is 11.7 Å². The molecule has 0 atom stereocenters. The fourth-order valence-electron chi connectivity index (χ4n) is 1.87. The van der Waals surface area contributed by atoms with Crippen LogP contribution in [0.1, 0.15) is 30.5 Å². The number of nitrogens with zero attached hydrogens (tertiary/aromatic N) is 2. The maximum absolute atomic E-state index is 12.5. The number of rotatable bonds is 5. The second-order valence-corrected chi connectivity index (χ2v) is 5.28. The molecule has 0 saturated heterocycles. The summed E-state index contributed by atoms with van der Waals surface area (Å²) in [5.74, 6) is 0. The van der Waals surface area contributed by atoms with Crippen molar-refractivity contribution in [2.24, 2.45) is 0 Å². The van der Waals surface area contributed by atoms with Gasteiger partial charge in [-0.15, -0.1) is 0 Å². The van der Waals surface area contributed by atoms with Crippen molar-refractivity contribution in [1.29, 1.82) is 0 Å². The van der Waals surface area contributed by atoms with E-state index in [4.69, 9.17) is 0 Å². The van der Waals surface area contributed by atoms with Gasteiger partial charge in [-0.3, -0.25) is 4.68 Å². The van der Waals surface area contributed by atoms with Crippen molar-refractivity contribution in [3.63, 3.8) is 0 Å². The Kier molecular flexibility index (Phi) is 4.67. The largest absolute Gasteiger partial charge is 0.419 e. The predicted octanol–water partition coefficient (Wildman–Crippen LogP) is 3.45. The van der Waals surface area contributed by atoms with Crippen LogP contribution < -0.4 is 5.32 Å². The van der Waals surface area contributed by atoms with Crippen LogP contribution in [0, 0.1) is 0 Å². The van der Waals surface area contributed by atoms with Crippen LogP contribution >= 0.6 is 0 Å². The number of alkyl halides is 3. The van der Waals surface area contributed by atoms with Gasteiger partial charge in [0, 0.05) is 18.8 Å². The van der Waals surface area contributed by atoms with E-state index in [1.165, 1.54) is 4.68 Å². The lowest BCUT2D eigenvalue weighted by Crippen LogP contribution is -2.21. The number of hydrogen-bond donors (Lipinski definition) is 1. The molecule has 0 saturated carbocycles. The standard InChI is InChI=1S/C15H18F3N3/c1-11(2)19-7-12-3-5-13(6-4-12)9-21-10-14(8-20-21)15(16,17)18/h3-6,8,10-11,19H,7,9H2,1-2H3. The van der Waals surface area contributed by atoms with Crippen LogP contribution in [-0.2, 0) is 19.3 Å². The smallest absolute Gasteiger partial charge is 0.310 e. The summed E-state index contributed by atoms with van der Waals surface area (Å²) in [5, 5.41) is 7.05. The van der Waals surface area contributed by atoms with E-state index in [0.717, 1.165) is 30.1 Å². The van der Waals surface area contributed by atoms with Crippen molar-refractivity contribution < 1.29 is 13.2 Å². The Morgan fingerprint density at radius 1 is 1.14 bits per heavy atom. The highest BCUT2D eigenvalue weighted by molar-refractivity contribution is 5.23. The summed E-state index contributed by atoms with van der Waals surface area (Å²) in [5.41, 5.74) is 1.34. The van der Waals surface area contributed by atoms with Crippen molar-refractivity contribution in [3.8, 4) is 0 Å². The normalized spacial score (nSPS) is 12.1.